The van der Waals surface area contributed by atoms with Crippen LogP contribution in [0.1, 0.15) is 0 Å². The topological polar surface area (TPSA) is 77.8 Å². The van der Waals surface area contributed by atoms with E-state index in [0.717, 1.165) is 77.3 Å². The molecule has 0 radical (unpaired) electrons. The Hall–Kier alpha value is -7.70. The van der Waals surface area contributed by atoms with Crippen molar-refractivity contribution in [3.63, 3.8) is 0 Å². The molecule has 0 aliphatic carbocycles. The molecule has 0 aliphatic rings. The fourth-order valence-corrected chi connectivity index (χ4v) is 7.54. The van der Waals surface area contributed by atoms with Gasteiger partial charge in [-0.25, -0.2) is 19.9 Å². The molecular formula is C50H30N4O2. The van der Waals surface area contributed by atoms with E-state index in [2.05, 4.69) is 97.1 Å². The number of oxazole rings is 1. The second-order valence-corrected chi connectivity index (χ2v) is 13.9. The molecule has 11 rings (SSSR count). The van der Waals surface area contributed by atoms with Crippen molar-refractivity contribution in [3.8, 4) is 67.9 Å². The van der Waals surface area contributed by atoms with Gasteiger partial charge in [0.2, 0.25) is 5.89 Å². The molecule has 262 valence electrons. The lowest BCUT2D eigenvalue weighted by atomic mass is 10.00. The molecule has 56 heavy (non-hydrogen) atoms. The van der Waals surface area contributed by atoms with E-state index in [-0.39, 0.29) is 0 Å². The largest absolute Gasteiger partial charge is 0.455 e. The standard InChI is InChI=1S/C50H30N4O2/c1-3-12-31(13-4-1)35-18-9-20-37(26-35)48-52-47(33-15-5-2-6-16-33)53-49(54-48)38-21-10-19-36(28-38)40-22-11-23-41-42-29-45-43(30-44(42)55-46(40)41)51-50(56-45)39-25-24-32-14-7-8-17-34(32)27-39/h1-30H. The van der Waals surface area contributed by atoms with Gasteiger partial charge < -0.3 is 8.83 Å². The summed E-state index contributed by atoms with van der Waals surface area (Å²) in [5, 5.41) is 4.29. The fourth-order valence-electron chi connectivity index (χ4n) is 7.54. The molecule has 0 atom stereocenters. The number of hydrogen-bond acceptors (Lipinski definition) is 6. The zero-order valence-electron chi connectivity index (χ0n) is 29.9. The summed E-state index contributed by atoms with van der Waals surface area (Å²) in [5.74, 6) is 2.40. The van der Waals surface area contributed by atoms with Crippen LogP contribution in [-0.4, -0.2) is 19.9 Å². The minimum atomic E-state index is 0.584. The Morgan fingerprint density at radius 1 is 0.321 bits per heavy atom. The Morgan fingerprint density at radius 2 is 0.929 bits per heavy atom. The van der Waals surface area contributed by atoms with Gasteiger partial charge in [0.1, 0.15) is 16.7 Å². The quantitative estimate of drug-likeness (QED) is 0.170. The highest BCUT2D eigenvalue weighted by molar-refractivity contribution is 6.12. The van der Waals surface area contributed by atoms with Crippen LogP contribution < -0.4 is 0 Å². The monoisotopic (exact) mass is 718 g/mol. The lowest BCUT2D eigenvalue weighted by Gasteiger charge is -2.11. The molecule has 0 bridgehead atoms. The van der Waals surface area contributed by atoms with Crippen LogP contribution >= 0.6 is 0 Å². The van der Waals surface area contributed by atoms with E-state index in [1.807, 2.05) is 84.9 Å². The van der Waals surface area contributed by atoms with E-state index in [0.29, 0.717) is 28.9 Å². The van der Waals surface area contributed by atoms with Crippen LogP contribution in [-0.2, 0) is 0 Å². The van der Waals surface area contributed by atoms with Crippen molar-refractivity contribution in [1.29, 1.82) is 0 Å². The van der Waals surface area contributed by atoms with Crippen LogP contribution in [0, 0.1) is 0 Å². The number of fused-ring (bicyclic) bond motifs is 5. The van der Waals surface area contributed by atoms with Crippen molar-refractivity contribution in [2.75, 3.05) is 0 Å². The molecule has 3 heterocycles. The van der Waals surface area contributed by atoms with Gasteiger partial charge in [0.25, 0.3) is 0 Å². The Labute approximate surface area is 321 Å². The highest BCUT2D eigenvalue weighted by Crippen LogP contribution is 2.39. The maximum absolute atomic E-state index is 6.64. The highest BCUT2D eigenvalue weighted by atomic mass is 16.4. The first-order chi connectivity index (χ1) is 27.7. The number of furan rings is 1. The van der Waals surface area contributed by atoms with E-state index in [9.17, 15) is 0 Å². The third-order valence-corrected chi connectivity index (χ3v) is 10.3. The van der Waals surface area contributed by atoms with Gasteiger partial charge in [-0.15, -0.1) is 0 Å². The predicted octanol–water partition coefficient (Wildman–Crippen LogP) is 13.1. The van der Waals surface area contributed by atoms with Gasteiger partial charge >= 0.3 is 0 Å². The molecule has 3 aromatic heterocycles. The summed E-state index contributed by atoms with van der Waals surface area (Å²) in [4.78, 5) is 19.9. The maximum atomic E-state index is 6.64. The molecule has 0 N–H and O–H groups in total. The van der Waals surface area contributed by atoms with E-state index >= 15 is 0 Å². The average Bonchev–Trinajstić information content (AvgIpc) is 3.86. The Balaban J connectivity index is 0.997. The Bertz CT molecular complexity index is 3260. The molecule has 0 aliphatic heterocycles. The van der Waals surface area contributed by atoms with E-state index in [1.54, 1.807) is 0 Å². The minimum Gasteiger partial charge on any atom is -0.455 e. The average molecular weight is 719 g/mol. The van der Waals surface area contributed by atoms with Crippen molar-refractivity contribution in [1.82, 2.24) is 19.9 Å². The van der Waals surface area contributed by atoms with Crippen LogP contribution in [0.5, 0.6) is 0 Å². The zero-order chi connectivity index (χ0) is 37.0. The molecule has 6 nitrogen and oxygen atoms in total. The van der Waals surface area contributed by atoms with Crippen molar-refractivity contribution < 1.29 is 8.83 Å². The van der Waals surface area contributed by atoms with Crippen LogP contribution in [0.25, 0.3) is 112 Å². The predicted molar refractivity (Wildman–Crippen MR) is 225 cm³/mol. The molecule has 11 aromatic rings. The third-order valence-electron chi connectivity index (χ3n) is 10.3. The number of nitrogens with zero attached hydrogens (tertiary/aromatic N) is 4. The van der Waals surface area contributed by atoms with Gasteiger partial charge in [0.15, 0.2) is 23.1 Å². The molecule has 0 amide bonds. The van der Waals surface area contributed by atoms with E-state index in [4.69, 9.17) is 28.8 Å². The SMILES string of the molecule is c1ccc(-c2cccc(-c3nc(-c4ccccc4)nc(-c4cccc(-c5cccc6c5oc5cc7nc(-c8ccc9ccccc9c8)oc7cc56)c4)n3)c2)cc1. The van der Waals surface area contributed by atoms with Gasteiger partial charge in [-0.3, -0.25) is 0 Å². The summed E-state index contributed by atoms with van der Waals surface area (Å²) in [7, 11) is 0. The number of hydrogen-bond donors (Lipinski definition) is 0. The summed E-state index contributed by atoms with van der Waals surface area (Å²) < 4.78 is 13.0. The second-order valence-electron chi connectivity index (χ2n) is 13.9. The first-order valence-electron chi connectivity index (χ1n) is 18.5. The Morgan fingerprint density at radius 3 is 1.70 bits per heavy atom. The lowest BCUT2D eigenvalue weighted by Crippen LogP contribution is -2.00. The number of rotatable bonds is 6. The summed E-state index contributed by atoms with van der Waals surface area (Å²) in [6.45, 7) is 0. The molecule has 0 saturated heterocycles. The molecule has 8 aromatic carbocycles. The number of aromatic nitrogens is 4. The highest BCUT2D eigenvalue weighted by Gasteiger charge is 2.18. The lowest BCUT2D eigenvalue weighted by molar-refractivity contribution is 0.620. The van der Waals surface area contributed by atoms with Crippen molar-refractivity contribution in [2.45, 2.75) is 0 Å². The normalized spacial score (nSPS) is 11.6. The first kappa shape index (κ1) is 31.8. The van der Waals surface area contributed by atoms with Crippen LogP contribution in [0.2, 0.25) is 0 Å². The summed E-state index contributed by atoms with van der Waals surface area (Å²) in [6.07, 6.45) is 0. The molecule has 0 saturated carbocycles. The van der Waals surface area contributed by atoms with Crippen LogP contribution in [0.3, 0.4) is 0 Å². The Kier molecular flexibility index (Phi) is 7.38. The van der Waals surface area contributed by atoms with Gasteiger partial charge in [-0.2, -0.15) is 0 Å². The van der Waals surface area contributed by atoms with E-state index in [1.165, 1.54) is 5.39 Å². The van der Waals surface area contributed by atoms with Gasteiger partial charge in [-0.1, -0.05) is 146 Å². The molecular weight excluding hydrogens is 689 g/mol. The maximum Gasteiger partial charge on any atom is 0.227 e. The van der Waals surface area contributed by atoms with Crippen LogP contribution in [0.4, 0.5) is 0 Å². The number of para-hydroxylation sites is 1. The zero-order valence-corrected chi connectivity index (χ0v) is 29.9. The van der Waals surface area contributed by atoms with Crippen molar-refractivity contribution >= 4 is 43.8 Å². The fraction of sp³-hybridized carbons (Fsp3) is 0. The smallest absolute Gasteiger partial charge is 0.227 e. The van der Waals surface area contributed by atoms with Crippen molar-refractivity contribution in [2.24, 2.45) is 0 Å². The van der Waals surface area contributed by atoms with Crippen molar-refractivity contribution in [3.05, 3.63) is 182 Å². The van der Waals surface area contributed by atoms with Gasteiger partial charge in [-0.05, 0) is 57.8 Å². The number of benzene rings is 8. The molecule has 0 spiro atoms. The van der Waals surface area contributed by atoms with E-state index < -0.39 is 0 Å². The molecule has 0 unspecified atom stereocenters. The summed E-state index contributed by atoms with van der Waals surface area (Å²) >= 11 is 0. The minimum absolute atomic E-state index is 0.584. The van der Waals surface area contributed by atoms with Gasteiger partial charge in [0.05, 0.1) is 0 Å². The second kappa shape index (κ2) is 13.0. The van der Waals surface area contributed by atoms with Gasteiger partial charge in [0, 0.05) is 44.7 Å². The summed E-state index contributed by atoms with van der Waals surface area (Å²) in [6, 6.07) is 61.9. The molecule has 6 heteroatoms. The first-order valence-corrected chi connectivity index (χ1v) is 18.5. The molecule has 0 fully saturated rings. The van der Waals surface area contributed by atoms with Crippen LogP contribution in [0.15, 0.2) is 191 Å². The third kappa shape index (κ3) is 5.60. The summed E-state index contributed by atoms with van der Waals surface area (Å²) in [5.41, 5.74) is 10.8.